The van der Waals surface area contributed by atoms with Crippen molar-refractivity contribution >= 4 is 11.9 Å². The van der Waals surface area contributed by atoms with Crippen molar-refractivity contribution in [3.8, 4) is 0 Å². The SMILES string of the molecule is CCN(C(C)=O)[C@H](Cc1ccccc1)C(=O)O. The molecule has 1 aromatic carbocycles. The predicted octanol–water partition coefficient (Wildman–Crippen LogP) is 1.55. The molecule has 0 aliphatic heterocycles. The molecule has 1 N–H and O–H groups in total. The summed E-state index contributed by atoms with van der Waals surface area (Å²) in [6.07, 6.45) is 0.337. The lowest BCUT2D eigenvalue weighted by Crippen LogP contribution is -2.45. The highest BCUT2D eigenvalue weighted by molar-refractivity contribution is 5.82. The number of carbonyl (C=O) groups excluding carboxylic acids is 1. The van der Waals surface area contributed by atoms with Gasteiger partial charge >= 0.3 is 5.97 Å². The second kappa shape index (κ2) is 6.03. The zero-order valence-electron chi connectivity index (χ0n) is 10.1. The fourth-order valence-electron chi connectivity index (χ4n) is 1.83. The van der Waals surface area contributed by atoms with Gasteiger partial charge in [-0.2, -0.15) is 0 Å². The summed E-state index contributed by atoms with van der Waals surface area (Å²) >= 11 is 0. The molecular formula is C13H17NO3. The van der Waals surface area contributed by atoms with Crippen LogP contribution in [0.15, 0.2) is 30.3 Å². The summed E-state index contributed by atoms with van der Waals surface area (Å²) < 4.78 is 0. The number of nitrogens with zero attached hydrogens (tertiary/aromatic N) is 1. The Hall–Kier alpha value is -1.84. The molecule has 0 unspecified atom stereocenters. The Morgan fingerprint density at radius 3 is 2.29 bits per heavy atom. The van der Waals surface area contributed by atoms with Crippen LogP contribution in [0.5, 0.6) is 0 Å². The highest BCUT2D eigenvalue weighted by atomic mass is 16.4. The summed E-state index contributed by atoms with van der Waals surface area (Å²) in [5.41, 5.74) is 0.916. The van der Waals surface area contributed by atoms with Crippen molar-refractivity contribution in [1.82, 2.24) is 4.90 Å². The summed E-state index contributed by atoms with van der Waals surface area (Å²) in [6.45, 7) is 3.58. The summed E-state index contributed by atoms with van der Waals surface area (Å²) in [4.78, 5) is 24.0. The van der Waals surface area contributed by atoms with Crippen LogP contribution in [0.1, 0.15) is 19.4 Å². The monoisotopic (exact) mass is 235 g/mol. The highest BCUT2D eigenvalue weighted by Crippen LogP contribution is 2.09. The maximum absolute atomic E-state index is 11.4. The first-order valence-corrected chi connectivity index (χ1v) is 5.60. The third-order valence-corrected chi connectivity index (χ3v) is 2.68. The Kier molecular flexibility index (Phi) is 4.69. The summed E-state index contributed by atoms with van der Waals surface area (Å²) in [7, 11) is 0. The maximum Gasteiger partial charge on any atom is 0.326 e. The molecule has 0 fully saturated rings. The van der Waals surface area contributed by atoms with Crippen LogP contribution in [0.4, 0.5) is 0 Å². The second-order valence-corrected chi connectivity index (χ2v) is 3.85. The molecule has 1 aromatic rings. The number of hydrogen-bond acceptors (Lipinski definition) is 2. The van der Waals surface area contributed by atoms with Gasteiger partial charge in [0.2, 0.25) is 5.91 Å². The van der Waals surface area contributed by atoms with E-state index in [2.05, 4.69) is 0 Å². The van der Waals surface area contributed by atoms with Crippen LogP contribution in [0.25, 0.3) is 0 Å². The van der Waals surface area contributed by atoms with Crippen LogP contribution in [-0.2, 0) is 16.0 Å². The molecule has 0 heterocycles. The maximum atomic E-state index is 11.4. The summed E-state index contributed by atoms with van der Waals surface area (Å²) in [6, 6.07) is 8.53. The first-order chi connectivity index (χ1) is 8.06. The average molecular weight is 235 g/mol. The molecule has 0 radical (unpaired) electrons. The van der Waals surface area contributed by atoms with Crippen LogP contribution in [0.2, 0.25) is 0 Å². The molecule has 1 rings (SSSR count). The first-order valence-electron chi connectivity index (χ1n) is 5.60. The van der Waals surface area contributed by atoms with E-state index in [0.717, 1.165) is 5.56 Å². The average Bonchev–Trinajstić information content (AvgIpc) is 2.29. The van der Waals surface area contributed by atoms with E-state index < -0.39 is 12.0 Å². The number of benzene rings is 1. The van der Waals surface area contributed by atoms with E-state index in [0.29, 0.717) is 13.0 Å². The van der Waals surface area contributed by atoms with Crippen molar-refractivity contribution in [2.75, 3.05) is 6.54 Å². The number of carbonyl (C=O) groups is 2. The molecule has 1 amide bonds. The van der Waals surface area contributed by atoms with Crippen LogP contribution >= 0.6 is 0 Å². The Bertz CT molecular complexity index is 389. The standard InChI is InChI=1S/C13H17NO3/c1-3-14(10(2)15)12(13(16)17)9-11-7-5-4-6-8-11/h4-8,12H,3,9H2,1-2H3,(H,16,17)/t12-/m1/s1. The molecule has 0 aromatic heterocycles. The number of hydrogen-bond donors (Lipinski definition) is 1. The fourth-order valence-corrected chi connectivity index (χ4v) is 1.83. The third kappa shape index (κ3) is 3.59. The molecule has 17 heavy (non-hydrogen) atoms. The van der Waals surface area contributed by atoms with Gasteiger partial charge in [-0.3, -0.25) is 4.79 Å². The predicted molar refractivity (Wildman–Crippen MR) is 64.6 cm³/mol. The van der Waals surface area contributed by atoms with Crippen LogP contribution in [0, 0.1) is 0 Å². The molecule has 0 saturated heterocycles. The number of carboxylic acids is 1. The number of rotatable bonds is 5. The van der Waals surface area contributed by atoms with Crippen molar-refractivity contribution < 1.29 is 14.7 Å². The molecular weight excluding hydrogens is 218 g/mol. The fraction of sp³-hybridized carbons (Fsp3) is 0.385. The normalized spacial score (nSPS) is 11.9. The van der Waals surface area contributed by atoms with Crippen molar-refractivity contribution in [2.24, 2.45) is 0 Å². The zero-order chi connectivity index (χ0) is 12.8. The molecule has 0 saturated carbocycles. The van der Waals surface area contributed by atoms with Gasteiger partial charge in [-0.05, 0) is 12.5 Å². The Morgan fingerprint density at radius 1 is 1.29 bits per heavy atom. The highest BCUT2D eigenvalue weighted by Gasteiger charge is 2.26. The lowest BCUT2D eigenvalue weighted by atomic mass is 10.0. The van der Waals surface area contributed by atoms with Gasteiger partial charge in [0.05, 0.1) is 0 Å². The second-order valence-electron chi connectivity index (χ2n) is 3.85. The summed E-state index contributed by atoms with van der Waals surface area (Å²) in [5, 5.41) is 9.19. The van der Waals surface area contributed by atoms with E-state index >= 15 is 0 Å². The van der Waals surface area contributed by atoms with Gasteiger partial charge in [0.1, 0.15) is 6.04 Å². The molecule has 0 aliphatic carbocycles. The van der Waals surface area contributed by atoms with Gasteiger partial charge in [-0.1, -0.05) is 30.3 Å². The molecule has 1 atom stereocenters. The van der Waals surface area contributed by atoms with Gasteiger partial charge in [0.25, 0.3) is 0 Å². The van der Waals surface area contributed by atoms with Crippen LogP contribution in [0.3, 0.4) is 0 Å². The van der Waals surface area contributed by atoms with E-state index in [-0.39, 0.29) is 5.91 Å². The molecule has 0 aliphatic rings. The van der Waals surface area contributed by atoms with Crippen LogP contribution < -0.4 is 0 Å². The smallest absolute Gasteiger partial charge is 0.326 e. The van der Waals surface area contributed by atoms with Crippen molar-refractivity contribution in [3.63, 3.8) is 0 Å². The number of likely N-dealkylation sites (N-methyl/N-ethyl adjacent to an activating group) is 1. The number of amides is 1. The van der Waals surface area contributed by atoms with Crippen LogP contribution in [-0.4, -0.2) is 34.5 Å². The zero-order valence-corrected chi connectivity index (χ0v) is 10.1. The molecule has 0 bridgehead atoms. The minimum absolute atomic E-state index is 0.212. The first kappa shape index (κ1) is 13.2. The van der Waals surface area contributed by atoms with E-state index in [1.54, 1.807) is 6.92 Å². The minimum atomic E-state index is -0.967. The van der Waals surface area contributed by atoms with Gasteiger partial charge < -0.3 is 10.0 Å². The topological polar surface area (TPSA) is 57.6 Å². The van der Waals surface area contributed by atoms with Gasteiger partial charge in [0, 0.05) is 19.9 Å². The molecule has 0 spiro atoms. The quantitative estimate of drug-likeness (QED) is 0.842. The van der Waals surface area contributed by atoms with Gasteiger partial charge in [-0.25, -0.2) is 4.79 Å². The van der Waals surface area contributed by atoms with Gasteiger partial charge in [0.15, 0.2) is 0 Å². The van der Waals surface area contributed by atoms with Gasteiger partial charge in [-0.15, -0.1) is 0 Å². The molecule has 4 heteroatoms. The van der Waals surface area contributed by atoms with Crippen molar-refractivity contribution in [3.05, 3.63) is 35.9 Å². The largest absolute Gasteiger partial charge is 0.480 e. The van der Waals surface area contributed by atoms with Crippen molar-refractivity contribution in [2.45, 2.75) is 26.3 Å². The Morgan fingerprint density at radius 2 is 1.88 bits per heavy atom. The van der Waals surface area contributed by atoms with E-state index in [9.17, 15) is 14.7 Å². The number of aliphatic carboxylic acids is 1. The van der Waals surface area contributed by atoms with E-state index in [1.807, 2.05) is 30.3 Å². The molecule has 4 nitrogen and oxygen atoms in total. The summed E-state index contributed by atoms with van der Waals surface area (Å²) in [5.74, 6) is -1.18. The Labute approximate surface area is 101 Å². The van der Waals surface area contributed by atoms with E-state index in [4.69, 9.17) is 0 Å². The lowest BCUT2D eigenvalue weighted by molar-refractivity contribution is -0.149. The van der Waals surface area contributed by atoms with E-state index in [1.165, 1.54) is 11.8 Å². The lowest BCUT2D eigenvalue weighted by Gasteiger charge is -2.26. The Balaban J connectivity index is 2.87. The molecule has 92 valence electrons. The van der Waals surface area contributed by atoms with Crippen molar-refractivity contribution in [1.29, 1.82) is 0 Å². The minimum Gasteiger partial charge on any atom is -0.480 e. The number of carboxylic acid groups (broad SMARTS) is 1. The third-order valence-electron chi connectivity index (χ3n) is 2.68.